The van der Waals surface area contributed by atoms with Crippen LogP contribution in [0.15, 0.2) is 75.0 Å². The summed E-state index contributed by atoms with van der Waals surface area (Å²) in [6.07, 6.45) is -6.75. The molecule has 0 bridgehead atoms. The Hall–Kier alpha value is -4.46. The summed E-state index contributed by atoms with van der Waals surface area (Å²) < 4.78 is 96.4. The quantitative estimate of drug-likeness (QED) is 0.152. The van der Waals surface area contributed by atoms with E-state index < -0.39 is 41.6 Å². The van der Waals surface area contributed by atoms with Gasteiger partial charge in [-0.3, -0.25) is 4.79 Å². The number of amides is 1. The number of thioether (sulfide) groups is 1. The lowest BCUT2D eigenvalue weighted by molar-refractivity contribution is -0.143. The highest BCUT2D eigenvalue weighted by Crippen LogP contribution is 2.39. The molecule has 0 spiro atoms. The Balaban J connectivity index is 1.10. The van der Waals surface area contributed by atoms with E-state index in [1.807, 2.05) is 24.3 Å². The highest BCUT2D eigenvalue weighted by Gasteiger charge is 2.38. The van der Waals surface area contributed by atoms with Gasteiger partial charge in [0.25, 0.3) is 5.91 Å². The maximum atomic E-state index is 13.5. The van der Waals surface area contributed by atoms with Crippen molar-refractivity contribution in [1.29, 1.82) is 0 Å². The molecule has 2 aliphatic heterocycles. The van der Waals surface area contributed by atoms with E-state index in [2.05, 4.69) is 14.9 Å². The number of alkyl halides is 6. The number of fused-ring (bicyclic) bond motifs is 1. The van der Waals surface area contributed by atoms with Gasteiger partial charge in [-0.2, -0.15) is 31.3 Å². The monoisotopic (exact) mass is 661 g/mol. The highest BCUT2D eigenvalue weighted by molar-refractivity contribution is 8.18. The smallest absolute Gasteiger partial charge is 0.416 e. The predicted octanol–water partition coefficient (Wildman–Crippen LogP) is 8.30. The Morgan fingerprint density at radius 3 is 2.43 bits per heavy atom. The van der Waals surface area contributed by atoms with Gasteiger partial charge in [-0.15, -0.1) is 0 Å². The van der Waals surface area contributed by atoms with Crippen LogP contribution in [0.2, 0.25) is 0 Å². The summed E-state index contributed by atoms with van der Waals surface area (Å²) >= 11 is 1.24. The molecule has 3 heterocycles. The van der Waals surface area contributed by atoms with Crippen LogP contribution in [0.5, 0.6) is 11.5 Å². The summed E-state index contributed by atoms with van der Waals surface area (Å²) in [6.45, 7) is 0.688. The SMILES string of the molecule is COc1cc(/C=C2\SC(N3CCC(c4nc5ccccc5o4)CC3)=NC2=O)ccc1OCc1ccc(C(F)(F)F)cc1C(F)(F)F. The van der Waals surface area contributed by atoms with Crippen LogP contribution in [0, 0.1) is 0 Å². The van der Waals surface area contributed by atoms with Crippen LogP contribution in [-0.4, -0.2) is 41.2 Å². The molecule has 14 heteroatoms. The van der Waals surface area contributed by atoms with E-state index in [1.165, 1.54) is 31.0 Å². The predicted molar refractivity (Wildman–Crippen MR) is 159 cm³/mol. The van der Waals surface area contributed by atoms with Crippen LogP contribution in [0.25, 0.3) is 17.2 Å². The number of rotatable bonds is 6. The zero-order valence-corrected chi connectivity index (χ0v) is 24.9. The first-order valence-electron chi connectivity index (χ1n) is 14.1. The number of carbonyl (C=O) groups excluding carboxylic acids is 1. The fourth-order valence-corrected chi connectivity index (χ4v) is 6.22. The Kier molecular flexibility index (Phi) is 8.49. The lowest BCUT2D eigenvalue weighted by Crippen LogP contribution is -2.35. The van der Waals surface area contributed by atoms with Crippen LogP contribution >= 0.6 is 11.8 Å². The van der Waals surface area contributed by atoms with Crippen molar-refractivity contribution in [2.45, 2.75) is 37.7 Å². The zero-order chi connectivity index (χ0) is 32.6. The van der Waals surface area contributed by atoms with Crippen molar-refractivity contribution in [3.05, 3.63) is 93.7 Å². The van der Waals surface area contributed by atoms with E-state index in [4.69, 9.17) is 13.9 Å². The lowest BCUT2D eigenvalue weighted by Gasteiger charge is -2.31. The number of ether oxygens (including phenoxy) is 2. The van der Waals surface area contributed by atoms with Crippen LogP contribution < -0.4 is 9.47 Å². The van der Waals surface area contributed by atoms with Crippen molar-refractivity contribution >= 4 is 40.0 Å². The van der Waals surface area contributed by atoms with Gasteiger partial charge in [-0.1, -0.05) is 24.3 Å². The number of piperidine rings is 1. The maximum Gasteiger partial charge on any atom is 0.416 e. The van der Waals surface area contributed by atoms with Crippen molar-refractivity contribution in [3.8, 4) is 11.5 Å². The Bertz CT molecular complexity index is 1810. The number of aliphatic imine (C=N–C) groups is 1. The second-order valence-electron chi connectivity index (χ2n) is 10.7. The molecule has 0 radical (unpaired) electrons. The number of benzene rings is 3. The van der Waals surface area contributed by atoms with Gasteiger partial charge in [0, 0.05) is 24.6 Å². The minimum Gasteiger partial charge on any atom is -0.493 e. The Morgan fingerprint density at radius 1 is 0.978 bits per heavy atom. The van der Waals surface area contributed by atoms with Crippen molar-refractivity contribution in [2.75, 3.05) is 20.2 Å². The second-order valence-corrected chi connectivity index (χ2v) is 11.7. The molecule has 0 N–H and O–H groups in total. The van der Waals surface area contributed by atoms with Crippen LogP contribution in [0.1, 0.15) is 46.9 Å². The molecule has 1 aromatic heterocycles. The number of hydrogen-bond donors (Lipinski definition) is 0. The van der Waals surface area contributed by atoms with Gasteiger partial charge in [-0.05, 0) is 72.6 Å². The number of likely N-dealkylation sites (tertiary alicyclic amines) is 1. The summed E-state index contributed by atoms with van der Waals surface area (Å²) in [4.78, 5) is 24.0. The Labute approximate surface area is 262 Å². The third kappa shape index (κ3) is 6.71. The van der Waals surface area contributed by atoms with Crippen molar-refractivity contribution < 1.29 is 45.0 Å². The normalized spacial score (nSPS) is 17.2. The molecule has 0 saturated carbocycles. The van der Waals surface area contributed by atoms with Gasteiger partial charge in [0.1, 0.15) is 12.1 Å². The standard InChI is InChI=1S/C32H25F6N3O4S/c1-43-26-14-18(6-9-25(26)44-17-20-7-8-21(31(33,34)35)16-22(20)32(36,37)38)15-27-28(42)40-30(46-27)41-12-10-19(11-13-41)29-39-23-4-2-3-5-24(23)45-29/h2-9,14-16,19H,10-13,17H2,1H3/b27-15-. The molecular formula is C32H25F6N3O4S. The van der Waals surface area contributed by atoms with Crippen LogP contribution in [-0.2, 0) is 23.8 Å². The number of aromatic nitrogens is 1. The van der Waals surface area contributed by atoms with E-state index in [-0.39, 0.29) is 23.5 Å². The first-order chi connectivity index (χ1) is 21.9. The number of methoxy groups -OCH3 is 1. The summed E-state index contributed by atoms with van der Waals surface area (Å²) in [6, 6.07) is 13.6. The second kappa shape index (κ2) is 12.4. The van der Waals surface area contributed by atoms with Gasteiger partial charge in [0.05, 0.1) is 23.1 Å². The van der Waals surface area contributed by atoms with Gasteiger partial charge >= 0.3 is 12.4 Å². The molecule has 2 aliphatic rings. The van der Waals surface area contributed by atoms with Crippen molar-refractivity contribution in [3.63, 3.8) is 0 Å². The molecule has 0 unspecified atom stereocenters. The number of oxazole rings is 1. The minimum atomic E-state index is -5.02. The molecule has 46 heavy (non-hydrogen) atoms. The third-order valence-corrected chi connectivity index (χ3v) is 8.69. The number of amidine groups is 1. The van der Waals surface area contributed by atoms with Gasteiger partial charge < -0.3 is 18.8 Å². The summed E-state index contributed by atoms with van der Waals surface area (Å²) in [7, 11) is 1.33. The van der Waals surface area contributed by atoms with Crippen molar-refractivity contribution in [2.24, 2.45) is 4.99 Å². The zero-order valence-electron chi connectivity index (χ0n) is 24.1. The molecule has 240 valence electrons. The van der Waals surface area contributed by atoms with E-state index in [9.17, 15) is 31.1 Å². The minimum absolute atomic E-state index is 0.0675. The van der Waals surface area contributed by atoms with E-state index in [0.717, 1.165) is 30.0 Å². The number of halogens is 6. The maximum absolute atomic E-state index is 13.5. The molecule has 3 aromatic carbocycles. The van der Waals surface area contributed by atoms with Crippen LogP contribution in [0.3, 0.4) is 0 Å². The molecule has 0 aliphatic carbocycles. The summed E-state index contributed by atoms with van der Waals surface area (Å²) in [5.74, 6) is 0.700. The number of hydrogen-bond acceptors (Lipinski definition) is 7. The topological polar surface area (TPSA) is 77.2 Å². The highest BCUT2D eigenvalue weighted by atomic mass is 32.2. The molecule has 0 atom stereocenters. The summed E-state index contributed by atoms with van der Waals surface area (Å²) in [5.41, 5.74) is -1.19. The molecule has 7 nitrogen and oxygen atoms in total. The van der Waals surface area contributed by atoms with Crippen molar-refractivity contribution in [1.82, 2.24) is 9.88 Å². The molecule has 1 fully saturated rings. The Morgan fingerprint density at radius 2 is 1.74 bits per heavy atom. The largest absolute Gasteiger partial charge is 0.493 e. The molecule has 4 aromatic rings. The van der Waals surface area contributed by atoms with Gasteiger partial charge in [0.2, 0.25) is 0 Å². The first-order valence-corrected chi connectivity index (χ1v) is 14.9. The fourth-order valence-electron chi connectivity index (χ4n) is 5.26. The third-order valence-electron chi connectivity index (χ3n) is 7.65. The number of para-hydroxylation sites is 2. The molecule has 1 saturated heterocycles. The lowest BCUT2D eigenvalue weighted by atomic mass is 9.97. The number of nitrogens with zero attached hydrogens (tertiary/aromatic N) is 3. The summed E-state index contributed by atoms with van der Waals surface area (Å²) in [5, 5.41) is 0.594. The van der Waals surface area contributed by atoms with E-state index >= 15 is 0 Å². The average molecular weight is 662 g/mol. The molecule has 6 rings (SSSR count). The number of carbonyl (C=O) groups is 1. The molecule has 1 amide bonds. The fraction of sp³-hybridized carbons (Fsp3) is 0.281. The van der Waals surface area contributed by atoms with Crippen LogP contribution in [0.4, 0.5) is 26.3 Å². The average Bonchev–Trinajstić information content (AvgIpc) is 3.63. The molecular weight excluding hydrogens is 636 g/mol. The van der Waals surface area contributed by atoms with Gasteiger partial charge in [0.15, 0.2) is 28.1 Å². The van der Waals surface area contributed by atoms with Gasteiger partial charge in [-0.25, -0.2) is 4.98 Å². The van der Waals surface area contributed by atoms with E-state index in [0.29, 0.717) is 40.7 Å². The van der Waals surface area contributed by atoms with E-state index in [1.54, 1.807) is 12.1 Å². The first kappa shape index (κ1) is 31.5.